The van der Waals surface area contributed by atoms with E-state index in [1.54, 1.807) is 19.4 Å². The second-order valence-electron chi connectivity index (χ2n) is 6.28. The molecular weight excluding hydrogens is 356 g/mol. The van der Waals surface area contributed by atoms with E-state index in [1.807, 2.05) is 30.3 Å². The standard InChI is InChI=1S/C21H16N4O3/c1-25(20(26)14-2-4-15(5-3-14)21(27)28)16-6-7-18-17(12-16)19(24-23-18)13-8-10-22-11-9-13/h2-12H,1H3,(H,23,24)(H,27,28). The average Bonchev–Trinajstić information content (AvgIpc) is 3.16. The highest BCUT2D eigenvalue weighted by molar-refractivity contribution is 6.07. The van der Waals surface area contributed by atoms with Crippen LogP contribution in [0.15, 0.2) is 67.0 Å². The average molecular weight is 372 g/mol. The molecule has 0 radical (unpaired) electrons. The molecule has 0 atom stereocenters. The van der Waals surface area contributed by atoms with Crippen molar-refractivity contribution in [3.8, 4) is 11.3 Å². The van der Waals surface area contributed by atoms with Gasteiger partial charge in [-0.1, -0.05) is 0 Å². The van der Waals surface area contributed by atoms with E-state index in [9.17, 15) is 9.59 Å². The molecule has 1 amide bonds. The maximum atomic E-state index is 12.8. The lowest BCUT2D eigenvalue weighted by atomic mass is 10.1. The lowest BCUT2D eigenvalue weighted by molar-refractivity contribution is 0.0696. The highest BCUT2D eigenvalue weighted by atomic mass is 16.4. The molecule has 28 heavy (non-hydrogen) atoms. The molecule has 2 N–H and O–H groups in total. The first-order chi connectivity index (χ1) is 13.5. The monoisotopic (exact) mass is 372 g/mol. The number of H-pyrrole nitrogens is 1. The fourth-order valence-electron chi connectivity index (χ4n) is 3.01. The minimum absolute atomic E-state index is 0.140. The first-order valence-corrected chi connectivity index (χ1v) is 8.54. The van der Waals surface area contributed by atoms with Gasteiger partial charge in [-0.15, -0.1) is 0 Å². The molecular formula is C21H16N4O3. The van der Waals surface area contributed by atoms with Crippen LogP contribution in [0.1, 0.15) is 20.7 Å². The number of carboxylic acid groups (broad SMARTS) is 1. The fraction of sp³-hybridized carbons (Fsp3) is 0.0476. The molecule has 0 aliphatic heterocycles. The Morgan fingerprint density at radius 1 is 0.964 bits per heavy atom. The Kier molecular flexibility index (Phi) is 4.33. The Balaban J connectivity index is 1.68. The molecule has 4 aromatic rings. The van der Waals surface area contributed by atoms with Crippen LogP contribution in [0, 0.1) is 0 Å². The number of aromatic nitrogens is 3. The van der Waals surface area contributed by atoms with Crippen LogP contribution in [-0.4, -0.2) is 39.2 Å². The number of hydrogen-bond donors (Lipinski definition) is 2. The maximum absolute atomic E-state index is 12.8. The Morgan fingerprint density at radius 2 is 1.64 bits per heavy atom. The van der Waals surface area contributed by atoms with Gasteiger partial charge in [0.15, 0.2) is 0 Å². The predicted octanol–water partition coefficient (Wildman–Crippen LogP) is 3.60. The Bertz CT molecular complexity index is 1170. The van der Waals surface area contributed by atoms with E-state index in [1.165, 1.54) is 29.2 Å². The molecule has 4 rings (SSSR count). The van der Waals surface area contributed by atoms with Crippen molar-refractivity contribution in [3.05, 3.63) is 78.1 Å². The number of anilines is 1. The SMILES string of the molecule is CN(C(=O)c1ccc(C(=O)O)cc1)c1ccc2[nH]nc(-c3ccncc3)c2c1. The number of aromatic carboxylic acids is 1. The van der Waals surface area contributed by atoms with Crippen LogP contribution in [0.4, 0.5) is 5.69 Å². The van der Waals surface area contributed by atoms with Gasteiger partial charge in [-0.05, 0) is 54.6 Å². The van der Waals surface area contributed by atoms with Crippen molar-refractivity contribution in [2.45, 2.75) is 0 Å². The largest absolute Gasteiger partial charge is 0.478 e. The number of nitrogens with zero attached hydrogens (tertiary/aromatic N) is 3. The summed E-state index contributed by atoms with van der Waals surface area (Å²) in [5.41, 5.74) is 3.83. The van der Waals surface area contributed by atoms with Crippen molar-refractivity contribution in [1.29, 1.82) is 0 Å². The van der Waals surface area contributed by atoms with Gasteiger partial charge in [-0.2, -0.15) is 5.10 Å². The predicted molar refractivity (Wildman–Crippen MR) is 105 cm³/mol. The lowest BCUT2D eigenvalue weighted by Crippen LogP contribution is -2.26. The summed E-state index contributed by atoms with van der Waals surface area (Å²) in [6, 6.07) is 15.2. The zero-order chi connectivity index (χ0) is 19.7. The zero-order valence-corrected chi connectivity index (χ0v) is 15.0. The summed E-state index contributed by atoms with van der Waals surface area (Å²) in [5.74, 6) is -1.26. The van der Waals surface area contributed by atoms with Crippen LogP contribution in [0.5, 0.6) is 0 Å². The van der Waals surface area contributed by atoms with Gasteiger partial charge in [0, 0.05) is 41.6 Å². The molecule has 138 valence electrons. The van der Waals surface area contributed by atoms with Crippen molar-refractivity contribution < 1.29 is 14.7 Å². The molecule has 7 nitrogen and oxygen atoms in total. The minimum Gasteiger partial charge on any atom is -0.478 e. The number of amides is 1. The summed E-state index contributed by atoms with van der Waals surface area (Å²) in [5, 5.41) is 17.3. The first-order valence-electron chi connectivity index (χ1n) is 8.54. The van der Waals surface area contributed by atoms with Gasteiger partial charge < -0.3 is 10.0 Å². The van der Waals surface area contributed by atoms with Crippen LogP contribution in [0.3, 0.4) is 0 Å². The van der Waals surface area contributed by atoms with Crippen LogP contribution < -0.4 is 4.90 Å². The first kappa shape index (κ1) is 17.4. The molecule has 0 unspecified atom stereocenters. The van der Waals surface area contributed by atoms with Crippen molar-refractivity contribution in [2.75, 3.05) is 11.9 Å². The topological polar surface area (TPSA) is 99.2 Å². The summed E-state index contributed by atoms with van der Waals surface area (Å²) in [6.07, 6.45) is 3.41. The molecule has 0 saturated carbocycles. The number of nitrogens with one attached hydrogen (secondary N) is 1. The number of fused-ring (bicyclic) bond motifs is 1. The molecule has 0 spiro atoms. The van der Waals surface area contributed by atoms with Crippen molar-refractivity contribution >= 4 is 28.5 Å². The third kappa shape index (κ3) is 3.09. The third-order valence-corrected chi connectivity index (χ3v) is 4.57. The highest BCUT2D eigenvalue weighted by Gasteiger charge is 2.16. The molecule has 0 aliphatic carbocycles. The molecule has 0 fully saturated rings. The van der Waals surface area contributed by atoms with Gasteiger partial charge >= 0.3 is 5.97 Å². The molecule has 0 aliphatic rings. The van der Waals surface area contributed by atoms with Crippen LogP contribution in [0.25, 0.3) is 22.2 Å². The van der Waals surface area contributed by atoms with E-state index in [-0.39, 0.29) is 11.5 Å². The Labute approximate surface area is 160 Å². The number of pyridine rings is 1. The third-order valence-electron chi connectivity index (χ3n) is 4.57. The van der Waals surface area contributed by atoms with Gasteiger partial charge in [0.05, 0.1) is 11.1 Å². The number of hydrogen-bond acceptors (Lipinski definition) is 4. The number of rotatable bonds is 4. The van der Waals surface area contributed by atoms with Crippen molar-refractivity contribution in [2.24, 2.45) is 0 Å². The molecule has 0 bridgehead atoms. The summed E-state index contributed by atoms with van der Waals surface area (Å²) in [7, 11) is 1.68. The van der Waals surface area contributed by atoms with Crippen LogP contribution >= 0.6 is 0 Å². The molecule has 0 saturated heterocycles. The van der Waals surface area contributed by atoms with Gasteiger partial charge in [0.1, 0.15) is 5.69 Å². The van der Waals surface area contributed by atoms with Crippen molar-refractivity contribution in [3.63, 3.8) is 0 Å². The van der Waals surface area contributed by atoms with Gasteiger partial charge in [-0.25, -0.2) is 4.79 Å². The van der Waals surface area contributed by atoms with E-state index in [2.05, 4.69) is 15.2 Å². The number of aromatic amines is 1. The van der Waals surface area contributed by atoms with E-state index in [0.29, 0.717) is 11.3 Å². The quantitative estimate of drug-likeness (QED) is 0.570. The Hall–Kier alpha value is -4.00. The number of carbonyl (C=O) groups is 2. The number of carbonyl (C=O) groups excluding carboxylic acids is 1. The summed E-state index contributed by atoms with van der Waals surface area (Å²) in [4.78, 5) is 29.3. The van der Waals surface area contributed by atoms with E-state index < -0.39 is 5.97 Å². The fourth-order valence-corrected chi connectivity index (χ4v) is 3.01. The highest BCUT2D eigenvalue weighted by Crippen LogP contribution is 2.29. The van der Waals surface area contributed by atoms with Crippen LogP contribution in [0.2, 0.25) is 0 Å². The molecule has 2 heterocycles. The second-order valence-corrected chi connectivity index (χ2v) is 6.28. The van der Waals surface area contributed by atoms with E-state index in [0.717, 1.165) is 22.2 Å². The normalized spacial score (nSPS) is 10.8. The molecule has 7 heteroatoms. The minimum atomic E-state index is -1.03. The lowest BCUT2D eigenvalue weighted by Gasteiger charge is -2.18. The van der Waals surface area contributed by atoms with E-state index >= 15 is 0 Å². The summed E-state index contributed by atoms with van der Waals surface area (Å²) < 4.78 is 0. The number of carboxylic acids is 1. The second kappa shape index (κ2) is 6.96. The maximum Gasteiger partial charge on any atom is 0.335 e. The van der Waals surface area contributed by atoms with E-state index in [4.69, 9.17) is 5.11 Å². The summed E-state index contributed by atoms with van der Waals surface area (Å²) >= 11 is 0. The van der Waals surface area contributed by atoms with Crippen molar-refractivity contribution in [1.82, 2.24) is 15.2 Å². The van der Waals surface area contributed by atoms with Gasteiger partial charge in [0.25, 0.3) is 5.91 Å². The summed E-state index contributed by atoms with van der Waals surface area (Å²) in [6.45, 7) is 0. The zero-order valence-electron chi connectivity index (χ0n) is 15.0. The smallest absolute Gasteiger partial charge is 0.335 e. The Morgan fingerprint density at radius 3 is 2.32 bits per heavy atom. The van der Waals surface area contributed by atoms with Crippen LogP contribution in [-0.2, 0) is 0 Å². The molecule has 2 aromatic carbocycles. The van der Waals surface area contributed by atoms with Gasteiger partial charge in [-0.3, -0.25) is 14.9 Å². The van der Waals surface area contributed by atoms with Gasteiger partial charge in [0.2, 0.25) is 0 Å². The molecule has 2 aromatic heterocycles. The number of benzene rings is 2.